The first-order valence-electron chi connectivity index (χ1n) is 7.34. The van der Waals surface area contributed by atoms with Crippen LogP contribution in [0.4, 0.5) is 0 Å². The molecule has 4 nitrogen and oxygen atoms in total. The van der Waals surface area contributed by atoms with Gasteiger partial charge >= 0.3 is 0 Å². The molecule has 0 amide bonds. The highest BCUT2D eigenvalue weighted by Crippen LogP contribution is 2.24. The number of imidazole rings is 1. The lowest BCUT2D eigenvalue weighted by Crippen LogP contribution is -2.25. The number of hydrogen-bond acceptors (Lipinski definition) is 3. The number of benzene rings is 1. The number of nitrogens with one attached hydrogen (secondary N) is 1. The number of nitrogens with zero attached hydrogens (tertiary/aromatic N) is 3. The first-order valence-corrected chi connectivity index (χ1v) is 7.34. The summed E-state index contributed by atoms with van der Waals surface area (Å²) in [6.45, 7) is 3.15. The zero-order valence-electron chi connectivity index (χ0n) is 12.5. The van der Waals surface area contributed by atoms with Crippen molar-refractivity contribution in [3.05, 3.63) is 60.3 Å². The molecule has 1 unspecified atom stereocenters. The topological polar surface area (TPSA) is 42.7 Å². The monoisotopic (exact) mass is 280 g/mol. The molecule has 4 heteroatoms. The fourth-order valence-corrected chi connectivity index (χ4v) is 2.60. The van der Waals surface area contributed by atoms with Gasteiger partial charge in [0.2, 0.25) is 0 Å². The van der Waals surface area contributed by atoms with E-state index in [2.05, 4.69) is 51.0 Å². The van der Waals surface area contributed by atoms with Crippen LogP contribution in [0.1, 0.15) is 30.6 Å². The van der Waals surface area contributed by atoms with Crippen LogP contribution in [0.15, 0.2) is 49.1 Å². The number of aryl methyl sites for hydroxylation is 1. The molecule has 0 saturated heterocycles. The van der Waals surface area contributed by atoms with E-state index in [1.54, 1.807) is 0 Å². The molecule has 0 bridgehead atoms. The van der Waals surface area contributed by atoms with Gasteiger partial charge in [-0.05, 0) is 36.7 Å². The van der Waals surface area contributed by atoms with Crippen LogP contribution >= 0.6 is 0 Å². The molecule has 2 aromatic heterocycles. The molecule has 3 aromatic rings. The Bertz CT molecular complexity index is 732. The Morgan fingerprint density at radius 2 is 2.19 bits per heavy atom. The van der Waals surface area contributed by atoms with Crippen molar-refractivity contribution in [1.82, 2.24) is 19.9 Å². The number of pyridine rings is 1. The van der Waals surface area contributed by atoms with Gasteiger partial charge in [0.05, 0.1) is 29.8 Å². The lowest BCUT2D eigenvalue weighted by atomic mass is 10.0. The smallest absolute Gasteiger partial charge is 0.0946 e. The van der Waals surface area contributed by atoms with Crippen LogP contribution in [0.25, 0.3) is 10.9 Å². The summed E-state index contributed by atoms with van der Waals surface area (Å²) in [7, 11) is 2.03. The van der Waals surface area contributed by atoms with Gasteiger partial charge in [-0.15, -0.1) is 0 Å². The van der Waals surface area contributed by atoms with Crippen LogP contribution in [0.5, 0.6) is 0 Å². The van der Waals surface area contributed by atoms with Crippen LogP contribution < -0.4 is 5.32 Å². The third kappa shape index (κ3) is 2.81. The van der Waals surface area contributed by atoms with Crippen LogP contribution in [0, 0.1) is 0 Å². The molecular formula is C17H20N4. The fourth-order valence-electron chi connectivity index (χ4n) is 2.60. The van der Waals surface area contributed by atoms with E-state index in [4.69, 9.17) is 0 Å². The van der Waals surface area contributed by atoms with Gasteiger partial charge in [0, 0.05) is 18.6 Å². The molecule has 1 aromatic carbocycles. The highest BCUT2D eigenvalue weighted by molar-refractivity contribution is 5.79. The van der Waals surface area contributed by atoms with E-state index in [9.17, 15) is 0 Å². The van der Waals surface area contributed by atoms with Crippen molar-refractivity contribution in [2.75, 3.05) is 6.54 Å². The van der Waals surface area contributed by atoms with Crippen molar-refractivity contribution in [2.45, 2.75) is 19.4 Å². The summed E-state index contributed by atoms with van der Waals surface area (Å²) in [6, 6.07) is 10.7. The molecular weight excluding hydrogens is 260 g/mol. The van der Waals surface area contributed by atoms with Crippen LogP contribution in [-0.4, -0.2) is 21.1 Å². The van der Waals surface area contributed by atoms with Crippen LogP contribution in [0.2, 0.25) is 0 Å². The van der Waals surface area contributed by atoms with E-state index in [0.29, 0.717) is 0 Å². The molecule has 2 heterocycles. The van der Waals surface area contributed by atoms with Gasteiger partial charge in [-0.3, -0.25) is 4.98 Å². The van der Waals surface area contributed by atoms with Gasteiger partial charge in [-0.2, -0.15) is 0 Å². The molecule has 1 atom stereocenters. The zero-order valence-corrected chi connectivity index (χ0v) is 12.5. The lowest BCUT2D eigenvalue weighted by molar-refractivity contribution is 0.570. The van der Waals surface area contributed by atoms with Gasteiger partial charge < -0.3 is 9.88 Å². The summed E-state index contributed by atoms with van der Waals surface area (Å²) in [5.74, 6) is 0. The minimum atomic E-state index is 0.155. The largest absolute Gasteiger partial charge is 0.336 e. The predicted molar refractivity (Wildman–Crippen MR) is 85.1 cm³/mol. The molecule has 0 aliphatic rings. The second-order valence-electron chi connectivity index (χ2n) is 5.27. The maximum absolute atomic E-state index is 4.39. The molecule has 1 N–H and O–H groups in total. The Hall–Kier alpha value is -2.20. The van der Waals surface area contributed by atoms with Crippen molar-refractivity contribution in [2.24, 2.45) is 7.05 Å². The summed E-state index contributed by atoms with van der Waals surface area (Å²) in [6.07, 6.45) is 6.71. The first kappa shape index (κ1) is 13.8. The number of rotatable bonds is 5. The van der Waals surface area contributed by atoms with E-state index >= 15 is 0 Å². The molecule has 3 rings (SSSR count). The zero-order chi connectivity index (χ0) is 14.7. The van der Waals surface area contributed by atoms with Crippen LogP contribution in [0.3, 0.4) is 0 Å². The first-order chi connectivity index (χ1) is 10.3. The average molecular weight is 280 g/mol. The van der Waals surface area contributed by atoms with Gasteiger partial charge in [0.15, 0.2) is 0 Å². The lowest BCUT2D eigenvalue weighted by Gasteiger charge is -2.20. The van der Waals surface area contributed by atoms with Crippen molar-refractivity contribution < 1.29 is 0 Å². The Morgan fingerprint density at radius 3 is 2.95 bits per heavy atom. The Balaban J connectivity index is 2.03. The summed E-state index contributed by atoms with van der Waals surface area (Å²) in [5.41, 5.74) is 3.44. The third-order valence-corrected chi connectivity index (χ3v) is 3.71. The minimum absolute atomic E-state index is 0.155. The molecule has 108 valence electrons. The predicted octanol–water partition coefficient (Wildman–Crippen LogP) is 3.06. The van der Waals surface area contributed by atoms with Gasteiger partial charge in [-0.25, -0.2) is 4.98 Å². The number of aromatic nitrogens is 3. The Labute approximate surface area is 124 Å². The summed E-state index contributed by atoms with van der Waals surface area (Å²) >= 11 is 0. The third-order valence-electron chi connectivity index (χ3n) is 3.71. The minimum Gasteiger partial charge on any atom is -0.336 e. The van der Waals surface area contributed by atoms with E-state index in [0.717, 1.165) is 18.5 Å². The second-order valence-corrected chi connectivity index (χ2v) is 5.27. The molecule has 0 fully saturated rings. The fraction of sp³-hybridized carbons (Fsp3) is 0.294. The van der Waals surface area contributed by atoms with Crippen LogP contribution in [-0.2, 0) is 7.05 Å². The highest BCUT2D eigenvalue weighted by Gasteiger charge is 2.16. The summed E-state index contributed by atoms with van der Waals surface area (Å²) in [5, 5.41) is 4.78. The van der Waals surface area contributed by atoms with Gasteiger partial charge in [0.1, 0.15) is 0 Å². The molecule has 0 radical (unpaired) electrons. The van der Waals surface area contributed by atoms with E-state index in [1.165, 1.54) is 16.6 Å². The van der Waals surface area contributed by atoms with E-state index in [1.807, 2.05) is 31.8 Å². The molecule has 21 heavy (non-hydrogen) atoms. The standard InChI is InChI=1S/C17H20N4/c1-3-8-20-17(16-11-18-12-21(16)2)14-6-7-15-13(10-14)5-4-9-19-15/h4-7,9-12,17,20H,3,8H2,1-2H3. The molecule has 0 spiro atoms. The highest BCUT2D eigenvalue weighted by atomic mass is 15.1. The van der Waals surface area contributed by atoms with Crippen molar-refractivity contribution in [3.63, 3.8) is 0 Å². The van der Waals surface area contributed by atoms with Crippen molar-refractivity contribution >= 4 is 10.9 Å². The van der Waals surface area contributed by atoms with E-state index < -0.39 is 0 Å². The molecule has 0 aliphatic heterocycles. The SMILES string of the molecule is CCCNC(c1ccc2ncccc2c1)c1cncn1C. The maximum atomic E-state index is 4.39. The van der Waals surface area contributed by atoms with Gasteiger partial charge in [-0.1, -0.05) is 19.1 Å². The Kier molecular flexibility index (Phi) is 3.97. The second kappa shape index (κ2) is 6.06. The van der Waals surface area contributed by atoms with Crippen molar-refractivity contribution in [3.8, 4) is 0 Å². The molecule has 0 aliphatic carbocycles. The summed E-state index contributed by atoms with van der Waals surface area (Å²) < 4.78 is 2.07. The number of fused-ring (bicyclic) bond motifs is 1. The summed E-state index contributed by atoms with van der Waals surface area (Å²) in [4.78, 5) is 8.64. The quantitative estimate of drug-likeness (QED) is 0.781. The van der Waals surface area contributed by atoms with Gasteiger partial charge in [0.25, 0.3) is 0 Å². The van der Waals surface area contributed by atoms with Crippen molar-refractivity contribution in [1.29, 1.82) is 0 Å². The normalized spacial score (nSPS) is 12.7. The molecule has 0 saturated carbocycles. The Morgan fingerprint density at radius 1 is 1.29 bits per heavy atom. The maximum Gasteiger partial charge on any atom is 0.0946 e. The average Bonchev–Trinajstić information content (AvgIpc) is 2.94. The number of hydrogen-bond donors (Lipinski definition) is 1. The van der Waals surface area contributed by atoms with E-state index in [-0.39, 0.29) is 6.04 Å².